The molecule has 1 heterocycles. The maximum Gasteiger partial charge on any atom is 0.329 e. The van der Waals surface area contributed by atoms with Crippen molar-refractivity contribution in [3.05, 3.63) is 24.5 Å². The van der Waals surface area contributed by atoms with Gasteiger partial charge in [-0.15, -0.1) is 0 Å². The summed E-state index contributed by atoms with van der Waals surface area (Å²) in [5, 5.41) is 0. The normalized spacial score (nSPS) is 12.2. The lowest BCUT2D eigenvalue weighted by atomic mass is 10.2. The van der Waals surface area contributed by atoms with Crippen LogP contribution in [0.4, 0.5) is 0 Å². The summed E-state index contributed by atoms with van der Waals surface area (Å²) in [7, 11) is 1.39. The molecule has 1 rings (SSSR count). The summed E-state index contributed by atoms with van der Waals surface area (Å²) < 4.78 is 6.38. The number of aromatic nitrogens is 1. The highest BCUT2D eigenvalue weighted by atomic mass is 16.5. The van der Waals surface area contributed by atoms with Crippen LogP contribution >= 0.6 is 0 Å². The Labute approximate surface area is 77.5 Å². The average molecular weight is 182 g/mol. The Kier molecular flexibility index (Phi) is 3.37. The van der Waals surface area contributed by atoms with E-state index in [0.29, 0.717) is 6.42 Å². The van der Waals surface area contributed by atoms with Crippen molar-refractivity contribution in [1.29, 1.82) is 0 Å². The predicted molar refractivity (Wildman–Crippen MR) is 49.9 cm³/mol. The summed E-state index contributed by atoms with van der Waals surface area (Å²) in [5.41, 5.74) is 3.00. The van der Waals surface area contributed by atoms with Gasteiger partial charge in [0.1, 0.15) is 6.04 Å². The number of ether oxygens (including phenoxy) is 1. The minimum atomic E-state index is -0.280. The summed E-state index contributed by atoms with van der Waals surface area (Å²) in [4.78, 5) is 11.2. The fourth-order valence-corrected chi connectivity index (χ4v) is 1.05. The highest BCUT2D eigenvalue weighted by Crippen LogP contribution is 1.97. The van der Waals surface area contributed by atoms with E-state index in [1.165, 1.54) is 7.11 Å². The molecule has 1 unspecified atom stereocenters. The zero-order chi connectivity index (χ0) is 9.68. The monoisotopic (exact) mass is 182 g/mol. The zero-order valence-corrected chi connectivity index (χ0v) is 7.86. The molecule has 0 aliphatic heterocycles. The number of carbonyl (C=O) groups excluding carboxylic acids is 1. The first kappa shape index (κ1) is 9.64. The molecule has 0 amide bonds. The molecule has 1 atom stereocenters. The van der Waals surface area contributed by atoms with Crippen LogP contribution in [0.25, 0.3) is 0 Å². The van der Waals surface area contributed by atoms with Gasteiger partial charge in [0.2, 0.25) is 0 Å². The van der Waals surface area contributed by atoms with Gasteiger partial charge in [-0.2, -0.15) is 0 Å². The van der Waals surface area contributed by atoms with Crippen LogP contribution in [0.5, 0.6) is 0 Å². The third-order valence-corrected chi connectivity index (χ3v) is 1.80. The molecule has 0 aliphatic carbocycles. The molecule has 4 nitrogen and oxygen atoms in total. The predicted octanol–water partition coefficient (Wildman–Crippen LogP) is 0.983. The Hall–Kier alpha value is -1.45. The largest absolute Gasteiger partial charge is 0.467 e. The Morgan fingerprint density at radius 2 is 2.15 bits per heavy atom. The third-order valence-electron chi connectivity index (χ3n) is 1.80. The van der Waals surface area contributed by atoms with Crippen LogP contribution in [0.3, 0.4) is 0 Å². The van der Waals surface area contributed by atoms with Crippen molar-refractivity contribution >= 4 is 5.97 Å². The maximum atomic E-state index is 11.2. The molecule has 0 fully saturated rings. The van der Waals surface area contributed by atoms with Crippen molar-refractivity contribution < 1.29 is 9.53 Å². The summed E-state index contributed by atoms with van der Waals surface area (Å²) in [6.45, 7) is 1.93. The summed E-state index contributed by atoms with van der Waals surface area (Å²) >= 11 is 0. The van der Waals surface area contributed by atoms with Gasteiger partial charge >= 0.3 is 5.97 Å². The molecule has 0 radical (unpaired) electrons. The van der Waals surface area contributed by atoms with Gasteiger partial charge in [-0.25, -0.2) is 4.79 Å². The van der Waals surface area contributed by atoms with E-state index in [-0.39, 0.29) is 12.0 Å². The van der Waals surface area contributed by atoms with Crippen LogP contribution in [0.15, 0.2) is 24.5 Å². The number of hydrogen-bond donors (Lipinski definition) is 1. The molecule has 0 spiro atoms. The second-order valence-electron chi connectivity index (χ2n) is 2.70. The topological polar surface area (TPSA) is 43.3 Å². The van der Waals surface area contributed by atoms with Crippen LogP contribution in [0, 0.1) is 0 Å². The average Bonchev–Trinajstić information content (AvgIpc) is 2.65. The molecule has 1 N–H and O–H groups in total. The summed E-state index contributed by atoms with van der Waals surface area (Å²) in [5.74, 6) is -0.240. The van der Waals surface area contributed by atoms with Crippen molar-refractivity contribution in [1.82, 2.24) is 4.68 Å². The molecule has 13 heavy (non-hydrogen) atoms. The van der Waals surface area contributed by atoms with Crippen molar-refractivity contribution in [2.24, 2.45) is 0 Å². The fourth-order valence-electron chi connectivity index (χ4n) is 1.05. The lowest BCUT2D eigenvalue weighted by Gasteiger charge is -2.16. The zero-order valence-electron chi connectivity index (χ0n) is 7.86. The number of esters is 1. The Balaban J connectivity index is 2.54. The van der Waals surface area contributed by atoms with Crippen LogP contribution in [0.1, 0.15) is 13.3 Å². The minimum absolute atomic E-state index is 0.240. The molecule has 1 aromatic rings. The van der Waals surface area contributed by atoms with E-state index < -0.39 is 0 Å². The Morgan fingerprint density at radius 3 is 2.62 bits per heavy atom. The van der Waals surface area contributed by atoms with Gasteiger partial charge in [0, 0.05) is 12.4 Å². The summed E-state index contributed by atoms with van der Waals surface area (Å²) in [6, 6.07) is 3.49. The molecule has 0 aliphatic rings. The SMILES string of the molecule is CCC(Nn1cccc1)C(=O)OC. The van der Waals surface area contributed by atoms with Crippen molar-refractivity contribution in [2.45, 2.75) is 19.4 Å². The van der Waals surface area contributed by atoms with Gasteiger partial charge in [0.25, 0.3) is 0 Å². The molecule has 72 valence electrons. The Bertz CT molecular complexity index is 257. The quantitative estimate of drug-likeness (QED) is 0.706. The van der Waals surface area contributed by atoms with E-state index in [9.17, 15) is 4.79 Å². The second kappa shape index (κ2) is 4.54. The number of hydrogen-bond acceptors (Lipinski definition) is 3. The maximum absolute atomic E-state index is 11.2. The van der Waals surface area contributed by atoms with Gasteiger partial charge in [-0.05, 0) is 18.6 Å². The molecular formula is C9H14N2O2. The molecule has 0 saturated carbocycles. The van der Waals surface area contributed by atoms with Crippen molar-refractivity contribution in [3.8, 4) is 0 Å². The second-order valence-corrected chi connectivity index (χ2v) is 2.70. The molecule has 1 aromatic heterocycles. The van der Waals surface area contributed by atoms with Gasteiger partial charge < -0.3 is 10.2 Å². The summed E-state index contributed by atoms with van der Waals surface area (Å²) in [6.07, 6.45) is 4.38. The first-order valence-corrected chi connectivity index (χ1v) is 4.25. The van der Waals surface area contributed by atoms with E-state index >= 15 is 0 Å². The van der Waals surface area contributed by atoms with E-state index in [0.717, 1.165) is 0 Å². The van der Waals surface area contributed by atoms with E-state index in [1.807, 2.05) is 31.5 Å². The van der Waals surface area contributed by atoms with E-state index in [2.05, 4.69) is 10.2 Å². The lowest BCUT2D eigenvalue weighted by Crippen LogP contribution is -2.34. The smallest absolute Gasteiger partial charge is 0.329 e. The number of nitrogens with one attached hydrogen (secondary N) is 1. The standard InChI is InChI=1S/C9H14N2O2/c1-3-8(9(12)13-2)10-11-6-4-5-7-11/h4-8,10H,3H2,1-2H3. The van der Waals surface area contributed by atoms with Gasteiger partial charge in [0.05, 0.1) is 7.11 Å². The third kappa shape index (κ3) is 2.50. The lowest BCUT2D eigenvalue weighted by molar-refractivity contribution is -0.141. The van der Waals surface area contributed by atoms with Crippen LogP contribution in [-0.2, 0) is 9.53 Å². The number of carbonyl (C=O) groups is 1. The number of methoxy groups -OCH3 is 1. The van der Waals surface area contributed by atoms with Crippen molar-refractivity contribution in [2.75, 3.05) is 12.5 Å². The van der Waals surface area contributed by atoms with E-state index in [1.54, 1.807) is 4.68 Å². The van der Waals surface area contributed by atoms with E-state index in [4.69, 9.17) is 0 Å². The van der Waals surface area contributed by atoms with Crippen LogP contribution < -0.4 is 5.43 Å². The van der Waals surface area contributed by atoms with Crippen molar-refractivity contribution in [3.63, 3.8) is 0 Å². The highest BCUT2D eigenvalue weighted by Gasteiger charge is 2.15. The molecule has 4 heteroatoms. The first-order chi connectivity index (χ1) is 6.27. The first-order valence-electron chi connectivity index (χ1n) is 4.25. The number of rotatable bonds is 4. The van der Waals surface area contributed by atoms with Gasteiger partial charge in [0.15, 0.2) is 0 Å². The van der Waals surface area contributed by atoms with Gasteiger partial charge in [-0.3, -0.25) is 4.68 Å². The molecule has 0 bridgehead atoms. The number of nitrogens with zero attached hydrogens (tertiary/aromatic N) is 1. The van der Waals surface area contributed by atoms with Crippen LogP contribution in [-0.4, -0.2) is 23.8 Å². The molecule has 0 saturated heterocycles. The molecule has 0 aromatic carbocycles. The minimum Gasteiger partial charge on any atom is -0.467 e. The fraction of sp³-hybridized carbons (Fsp3) is 0.444. The molecular weight excluding hydrogens is 168 g/mol. The highest BCUT2D eigenvalue weighted by molar-refractivity contribution is 5.76. The van der Waals surface area contributed by atoms with Crippen LogP contribution in [0.2, 0.25) is 0 Å². The Morgan fingerprint density at radius 1 is 1.54 bits per heavy atom. The van der Waals surface area contributed by atoms with Gasteiger partial charge in [-0.1, -0.05) is 6.92 Å².